The van der Waals surface area contributed by atoms with E-state index in [4.69, 9.17) is 4.74 Å². The maximum atomic E-state index is 5.72. The van der Waals surface area contributed by atoms with Crippen molar-refractivity contribution in [3.8, 4) is 0 Å². The molecule has 1 heteroatoms. The van der Waals surface area contributed by atoms with Gasteiger partial charge in [0, 0.05) is 6.61 Å². The number of unbranched alkanes of at least 4 members (excludes halogenated alkanes) is 2. The molecule has 0 aromatic heterocycles. The molecule has 0 aliphatic heterocycles. The SMILES string of the molecule is CCCCCOCc1cc(CC)cc(CC)c1. The van der Waals surface area contributed by atoms with Crippen molar-refractivity contribution in [2.75, 3.05) is 6.61 Å². The second-order valence-electron chi connectivity index (χ2n) is 4.62. The Labute approximate surface area is 106 Å². The molecule has 0 saturated heterocycles. The van der Waals surface area contributed by atoms with Crippen molar-refractivity contribution in [1.29, 1.82) is 0 Å². The van der Waals surface area contributed by atoms with Crippen LogP contribution < -0.4 is 0 Å². The smallest absolute Gasteiger partial charge is 0.0717 e. The summed E-state index contributed by atoms with van der Waals surface area (Å²) in [5.41, 5.74) is 4.19. The van der Waals surface area contributed by atoms with Crippen LogP contribution in [-0.4, -0.2) is 6.61 Å². The lowest BCUT2D eigenvalue weighted by Gasteiger charge is -2.08. The van der Waals surface area contributed by atoms with E-state index in [2.05, 4.69) is 39.0 Å². The Morgan fingerprint density at radius 3 is 1.94 bits per heavy atom. The molecule has 0 fully saturated rings. The lowest BCUT2D eigenvalue weighted by Crippen LogP contribution is -1.98. The first-order valence-electron chi connectivity index (χ1n) is 6.99. The number of rotatable bonds is 8. The van der Waals surface area contributed by atoms with Crippen LogP contribution in [0, 0.1) is 0 Å². The van der Waals surface area contributed by atoms with Gasteiger partial charge in [0.25, 0.3) is 0 Å². The van der Waals surface area contributed by atoms with Crippen molar-refractivity contribution in [3.63, 3.8) is 0 Å². The van der Waals surface area contributed by atoms with E-state index in [1.165, 1.54) is 36.0 Å². The summed E-state index contributed by atoms with van der Waals surface area (Å²) < 4.78 is 5.72. The third-order valence-electron chi connectivity index (χ3n) is 3.09. The number of hydrogen-bond donors (Lipinski definition) is 0. The van der Waals surface area contributed by atoms with Gasteiger partial charge >= 0.3 is 0 Å². The Morgan fingerprint density at radius 2 is 1.41 bits per heavy atom. The molecule has 0 unspecified atom stereocenters. The van der Waals surface area contributed by atoms with E-state index in [9.17, 15) is 0 Å². The monoisotopic (exact) mass is 234 g/mol. The molecular weight excluding hydrogens is 208 g/mol. The van der Waals surface area contributed by atoms with E-state index >= 15 is 0 Å². The van der Waals surface area contributed by atoms with Crippen LogP contribution in [0.5, 0.6) is 0 Å². The third kappa shape index (κ3) is 5.36. The van der Waals surface area contributed by atoms with Crippen LogP contribution in [0.15, 0.2) is 18.2 Å². The fraction of sp³-hybridized carbons (Fsp3) is 0.625. The highest BCUT2D eigenvalue weighted by molar-refractivity contribution is 5.29. The second kappa shape index (κ2) is 8.30. The summed E-state index contributed by atoms with van der Waals surface area (Å²) in [6, 6.07) is 6.86. The van der Waals surface area contributed by atoms with E-state index in [0.717, 1.165) is 26.1 Å². The average Bonchev–Trinajstić information content (AvgIpc) is 2.38. The van der Waals surface area contributed by atoms with Crippen molar-refractivity contribution >= 4 is 0 Å². The largest absolute Gasteiger partial charge is 0.377 e. The van der Waals surface area contributed by atoms with Crippen molar-refractivity contribution in [3.05, 3.63) is 34.9 Å². The zero-order valence-electron chi connectivity index (χ0n) is 11.6. The molecule has 0 radical (unpaired) electrons. The predicted molar refractivity (Wildman–Crippen MR) is 74.4 cm³/mol. The summed E-state index contributed by atoms with van der Waals surface area (Å²) >= 11 is 0. The maximum absolute atomic E-state index is 5.72. The van der Waals surface area contributed by atoms with Gasteiger partial charge in [-0.25, -0.2) is 0 Å². The average molecular weight is 234 g/mol. The number of benzene rings is 1. The summed E-state index contributed by atoms with van der Waals surface area (Å²) in [6.45, 7) is 8.30. The fourth-order valence-corrected chi connectivity index (χ4v) is 1.98. The Kier molecular flexibility index (Phi) is 6.95. The standard InChI is InChI=1S/C16H26O/c1-4-7-8-9-17-13-16-11-14(5-2)10-15(6-3)12-16/h10-12H,4-9,13H2,1-3H3. The molecule has 0 heterocycles. The summed E-state index contributed by atoms with van der Waals surface area (Å²) in [6.07, 6.45) is 5.93. The van der Waals surface area contributed by atoms with Crippen LogP contribution in [0.25, 0.3) is 0 Å². The van der Waals surface area contributed by atoms with Gasteiger partial charge in [0.05, 0.1) is 6.61 Å². The molecule has 0 amide bonds. The lowest BCUT2D eigenvalue weighted by atomic mass is 10.0. The molecule has 0 aliphatic carbocycles. The van der Waals surface area contributed by atoms with Gasteiger partial charge < -0.3 is 4.74 Å². The Bertz CT molecular complexity index is 295. The number of aryl methyl sites for hydroxylation is 2. The molecule has 1 nitrogen and oxygen atoms in total. The molecule has 96 valence electrons. The zero-order chi connectivity index (χ0) is 12.5. The van der Waals surface area contributed by atoms with Gasteiger partial charge in [-0.15, -0.1) is 0 Å². The van der Waals surface area contributed by atoms with Crippen LogP contribution in [0.3, 0.4) is 0 Å². The molecule has 0 saturated carbocycles. The molecule has 0 bridgehead atoms. The van der Waals surface area contributed by atoms with E-state index in [1.807, 2.05) is 0 Å². The van der Waals surface area contributed by atoms with Gasteiger partial charge in [0.2, 0.25) is 0 Å². The maximum Gasteiger partial charge on any atom is 0.0717 e. The molecule has 0 N–H and O–H groups in total. The van der Waals surface area contributed by atoms with Crippen LogP contribution in [0.4, 0.5) is 0 Å². The van der Waals surface area contributed by atoms with E-state index in [-0.39, 0.29) is 0 Å². The minimum atomic E-state index is 0.768. The first kappa shape index (κ1) is 14.2. The molecule has 0 atom stereocenters. The fourth-order valence-electron chi connectivity index (χ4n) is 1.98. The molecule has 0 spiro atoms. The minimum absolute atomic E-state index is 0.768. The Morgan fingerprint density at radius 1 is 0.824 bits per heavy atom. The van der Waals surface area contributed by atoms with Crippen molar-refractivity contribution < 1.29 is 4.74 Å². The van der Waals surface area contributed by atoms with Crippen LogP contribution in [0.2, 0.25) is 0 Å². The van der Waals surface area contributed by atoms with Gasteiger partial charge in [-0.3, -0.25) is 0 Å². The van der Waals surface area contributed by atoms with Crippen LogP contribution in [0.1, 0.15) is 56.7 Å². The quantitative estimate of drug-likeness (QED) is 0.601. The van der Waals surface area contributed by atoms with E-state index in [0.29, 0.717) is 0 Å². The number of ether oxygens (including phenoxy) is 1. The minimum Gasteiger partial charge on any atom is -0.377 e. The zero-order valence-corrected chi connectivity index (χ0v) is 11.6. The van der Waals surface area contributed by atoms with Gasteiger partial charge in [-0.2, -0.15) is 0 Å². The normalized spacial score (nSPS) is 10.8. The summed E-state index contributed by atoms with van der Waals surface area (Å²) in [4.78, 5) is 0. The molecule has 17 heavy (non-hydrogen) atoms. The topological polar surface area (TPSA) is 9.23 Å². The van der Waals surface area contributed by atoms with E-state index < -0.39 is 0 Å². The molecule has 1 aromatic carbocycles. The van der Waals surface area contributed by atoms with Crippen molar-refractivity contribution in [2.45, 2.75) is 59.5 Å². The van der Waals surface area contributed by atoms with Gasteiger partial charge in [0.1, 0.15) is 0 Å². The molecule has 1 rings (SSSR count). The van der Waals surface area contributed by atoms with E-state index in [1.54, 1.807) is 0 Å². The van der Waals surface area contributed by atoms with Crippen LogP contribution in [-0.2, 0) is 24.2 Å². The first-order valence-corrected chi connectivity index (χ1v) is 6.99. The first-order chi connectivity index (χ1) is 8.30. The molecular formula is C16H26O. The summed E-state index contributed by atoms with van der Waals surface area (Å²) in [7, 11) is 0. The second-order valence-corrected chi connectivity index (χ2v) is 4.62. The van der Waals surface area contributed by atoms with Gasteiger partial charge in [-0.05, 0) is 36.0 Å². The predicted octanol–water partition coefficient (Wildman–Crippen LogP) is 4.52. The van der Waals surface area contributed by atoms with Gasteiger partial charge in [0.15, 0.2) is 0 Å². The highest BCUT2D eigenvalue weighted by atomic mass is 16.5. The third-order valence-corrected chi connectivity index (χ3v) is 3.09. The molecule has 0 aliphatic rings. The highest BCUT2D eigenvalue weighted by Crippen LogP contribution is 2.13. The highest BCUT2D eigenvalue weighted by Gasteiger charge is 1.99. The Balaban J connectivity index is 2.46. The summed E-state index contributed by atoms with van der Waals surface area (Å²) in [5.74, 6) is 0. The summed E-state index contributed by atoms with van der Waals surface area (Å²) in [5, 5.41) is 0. The van der Waals surface area contributed by atoms with Crippen molar-refractivity contribution in [2.24, 2.45) is 0 Å². The Hall–Kier alpha value is -0.820. The number of hydrogen-bond acceptors (Lipinski definition) is 1. The molecule has 1 aromatic rings. The van der Waals surface area contributed by atoms with Crippen molar-refractivity contribution in [1.82, 2.24) is 0 Å². The van der Waals surface area contributed by atoms with Crippen LogP contribution >= 0.6 is 0 Å². The lowest BCUT2D eigenvalue weighted by molar-refractivity contribution is 0.117. The van der Waals surface area contributed by atoms with Gasteiger partial charge in [-0.1, -0.05) is 51.8 Å².